The van der Waals surface area contributed by atoms with Gasteiger partial charge in [0.05, 0.1) is 0 Å². The van der Waals surface area contributed by atoms with Crippen molar-refractivity contribution in [2.45, 2.75) is 0 Å². The van der Waals surface area contributed by atoms with Crippen LogP contribution < -0.4 is 0 Å². The molecule has 47 valence electrons. The summed E-state index contributed by atoms with van der Waals surface area (Å²) < 4.78 is 0. The summed E-state index contributed by atoms with van der Waals surface area (Å²) in [4.78, 5) is 0. The van der Waals surface area contributed by atoms with Gasteiger partial charge in [-0.3, -0.25) is 0 Å². The standard InChI is InChI=1S/3CH4N.Gd/c3*1-2;/h3*2H,1H3;/q3*-1;+3. The van der Waals surface area contributed by atoms with E-state index in [1.54, 1.807) is 0 Å². The molecule has 0 saturated carbocycles. The third-order valence-electron chi connectivity index (χ3n) is 0. The van der Waals surface area contributed by atoms with E-state index < -0.39 is 0 Å². The maximum absolute atomic E-state index is 5.75. The molecule has 0 unspecified atom stereocenters. The molecule has 0 saturated heterocycles. The molecule has 4 heteroatoms. The third kappa shape index (κ3) is 134. The molecule has 0 fully saturated rings. The van der Waals surface area contributed by atoms with Crippen molar-refractivity contribution < 1.29 is 39.9 Å². The predicted molar refractivity (Wildman–Crippen MR) is 30.7 cm³/mol. The van der Waals surface area contributed by atoms with E-state index in [1.807, 2.05) is 0 Å². The molecular weight excluding hydrogens is 235 g/mol. The largest absolute Gasteiger partial charge is 3.00 e. The Morgan fingerprint density at radius 2 is 0.571 bits per heavy atom. The minimum Gasteiger partial charge on any atom is -0.680 e. The predicted octanol–water partition coefficient (Wildman–Crippen LogP) is 2.01. The maximum atomic E-state index is 5.75. The first kappa shape index (κ1) is 24.1. The fraction of sp³-hybridized carbons (Fsp3) is 1.00. The van der Waals surface area contributed by atoms with E-state index in [0.717, 1.165) is 0 Å². The van der Waals surface area contributed by atoms with Gasteiger partial charge >= 0.3 is 39.9 Å². The number of hydrogen-bond acceptors (Lipinski definition) is 0. The fourth-order valence-electron chi connectivity index (χ4n) is 0. The van der Waals surface area contributed by atoms with Crippen molar-refractivity contribution in [3.63, 3.8) is 0 Å². The van der Waals surface area contributed by atoms with Crippen molar-refractivity contribution >= 4 is 0 Å². The van der Waals surface area contributed by atoms with Crippen LogP contribution in [0.3, 0.4) is 0 Å². The number of hydrogen-bond donors (Lipinski definition) is 0. The Kier molecular flexibility index (Phi) is 658. The van der Waals surface area contributed by atoms with Crippen LogP contribution in [0.25, 0.3) is 17.2 Å². The van der Waals surface area contributed by atoms with Crippen molar-refractivity contribution in [1.82, 2.24) is 0 Å². The Labute approximate surface area is 77.7 Å². The molecule has 3 N–H and O–H groups in total. The molecule has 7 heavy (non-hydrogen) atoms. The van der Waals surface area contributed by atoms with E-state index in [2.05, 4.69) is 0 Å². The van der Waals surface area contributed by atoms with Crippen LogP contribution in [-0.2, 0) is 0 Å². The quantitative estimate of drug-likeness (QED) is 0.628. The van der Waals surface area contributed by atoms with Crippen molar-refractivity contribution in [3.8, 4) is 0 Å². The summed E-state index contributed by atoms with van der Waals surface area (Å²) in [5, 5.41) is 0. The van der Waals surface area contributed by atoms with Crippen LogP contribution in [0.4, 0.5) is 0 Å². The Morgan fingerprint density at radius 1 is 0.571 bits per heavy atom. The fourth-order valence-corrected chi connectivity index (χ4v) is 0. The van der Waals surface area contributed by atoms with E-state index in [0.29, 0.717) is 0 Å². The van der Waals surface area contributed by atoms with E-state index in [4.69, 9.17) is 17.2 Å². The normalized spacial score (nSPS) is 2.57. The molecule has 0 aromatic carbocycles. The zero-order valence-corrected chi connectivity index (χ0v) is 7.12. The van der Waals surface area contributed by atoms with Crippen molar-refractivity contribution in [2.75, 3.05) is 21.1 Å². The third-order valence-corrected chi connectivity index (χ3v) is 0. The first-order valence-electron chi connectivity index (χ1n) is 1.50. The zero-order valence-electron chi connectivity index (χ0n) is 4.85. The average Bonchev–Trinajstić information content (AvgIpc) is 1.81. The molecule has 0 atom stereocenters. The Hall–Kier alpha value is 1.20. The minimum absolute atomic E-state index is 0. The van der Waals surface area contributed by atoms with Crippen molar-refractivity contribution in [2.24, 2.45) is 0 Å². The monoisotopic (exact) mass is 248 g/mol. The second-order valence-corrected chi connectivity index (χ2v) is 0. The zero-order chi connectivity index (χ0) is 6.00. The smallest absolute Gasteiger partial charge is 0.680 e. The molecule has 0 aromatic rings. The van der Waals surface area contributed by atoms with Crippen molar-refractivity contribution in [3.05, 3.63) is 17.2 Å². The van der Waals surface area contributed by atoms with Gasteiger partial charge in [0.1, 0.15) is 0 Å². The molecule has 0 rings (SSSR count). The van der Waals surface area contributed by atoms with Crippen molar-refractivity contribution in [1.29, 1.82) is 0 Å². The van der Waals surface area contributed by atoms with Gasteiger partial charge in [0.25, 0.3) is 0 Å². The van der Waals surface area contributed by atoms with E-state index in [-0.39, 0.29) is 39.9 Å². The van der Waals surface area contributed by atoms with Crippen LogP contribution in [0.15, 0.2) is 0 Å². The summed E-state index contributed by atoms with van der Waals surface area (Å²) >= 11 is 0. The van der Waals surface area contributed by atoms with Gasteiger partial charge in [0, 0.05) is 0 Å². The van der Waals surface area contributed by atoms with Gasteiger partial charge in [-0.1, -0.05) is 0 Å². The Balaban J connectivity index is -0.00000000900. The van der Waals surface area contributed by atoms with Gasteiger partial charge in [0.15, 0.2) is 0 Å². The molecule has 0 heterocycles. The summed E-state index contributed by atoms with van der Waals surface area (Å²) in [7, 11) is 3.75. The molecule has 0 aliphatic heterocycles. The number of nitrogens with one attached hydrogen (secondary N) is 3. The summed E-state index contributed by atoms with van der Waals surface area (Å²) in [6.07, 6.45) is 0. The molecule has 1 radical (unpaired) electrons. The van der Waals surface area contributed by atoms with Crippen LogP contribution in [-0.4, -0.2) is 21.1 Å². The SMILES string of the molecule is C[NH-].C[NH-].C[NH-].[Gd+3]. The summed E-state index contributed by atoms with van der Waals surface area (Å²) in [5.74, 6) is 0. The summed E-state index contributed by atoms with van der Waals surface area (Å²) in [6.45, 7) is 0. The van der Waals surface area contributed by atoms with E-state index in [1.165, 1.54) is 21.1 Å². The molecule has 0 aliphatic rings. The Bertz CT molecular complexity index is 10.1. The Morgan fingerprint density at radius 3 is 0.571 bits per heavy atom. The molecule has 0 aromatic heterocycles. The topological polar surface area (TPSA) is 71.4 Å². The molecule has 0 spiro atoms. The molecule has 0 bridgehead atoms. The molecule has 0 aliphatic carbocycles. The van der Waals surface area contributed by atoms with Crippen LogP contribution in [0, 0.1) is 39.9 Å². The maximum Gasteiger partial charge on any atom is 3.00 e. The van der Waals surface area contributed by atoms with Gasteiger partial charge in [-0.15, -0.1) is 0 Å². The minimum atomic E-state index is 0. The second kappa shape index (κ2) is 191. The molecule has 0 amide bonds. The molecular formula is C3H12GdN3. The van der Waals surface area contributed by atoms with Crippen LogP contribution in [0.2, 0.25) is 0 Å². The summed E-state index contributed by atoms with van der Waals surface area (Å²) in [5.41, 5.74) is 17.2. The van der Waals surface area contributed by atoms with Crippen LogP contribution in [0.1, 0.15) is 0 Å². The van der Waals surface area contributed by atoms with Gasteiger partial charge in [-0.25, -0.2) is 0 Å². The first-order valence-corrected chi connectivity index (χ1v) is 1.50. The van der Waals surface area contributed by atoms with Gasteiger partial charge < -0.3 is 17.2 Å². The van der Waals surface area contributed by atoms with Gasteiger partial charge in [0.2, 0.25) is 0 Å². The number of rotatable bonds is 0. The van der Waals surface area contributed by atoms with Gasteiger partial charge in [-0.2, -0.15) is 21.1 Å². The van der Waals surface area contributed by atoms with E-state index in [9.17, 15) is 0 Å². The van der Waals surface area contributed by atoms with E-state index >= 15 is 0 Å². The molecule has 3 nitrogen and oxygen atoms in total. The average molecular weight is 247 g/mol. The van der Waals surface area contributed by atoms with Crippen LogP contribution in [0.5, 0.6) is 0 Å². The summed E-state index contributed by atoms with van der Waals surface area (Å²) in [6, 6.07) is 0. The van der Waals surface area contributed by atoms with Gasteiger partial charge in [-0.05, 0) is 0 Å². The van der Waals surface area contributed by atoms with Crippen LogP contribution >= 0.6 is 0 Å². The first-order chi connectivity index (χ1) is 3.00. The second-order valence-electron chi connectivity index (χ2n) is 0.